The van der Waals surface area contributed by atoms with Gasteiger partial charge in [0.1, 0.15) is 5.75 Å². The summed E-state index contributed by atoms with van der Waals surface area (Å²) < 4.78 is 0.733. The second-order valence-corrected chi connectivity index (χ2v) is 5.74. The maximum atomic E-state index is 12.5. The minimum atomic E-state index is -0.203. The molecule has 0 bridgehead atoms. The predicted molar refractivity (Wildman–Crippen MR) is 76.2 cm³/mol. The number of phenolic OH excluding ortho intramolecular Hbond substituents is 1. The number of halogens is 1. The molecule has 0 unspecified atom stereocenters. The minimum absolute atomic E-state index is 0.0275. The van der Waals surface area contributed by atoms with Gasteiger partial charge in [-0.25, -0.2) is 0 Å². The summed E-state index contributed by atoms with van der Waals surface area (Å²) >= 11 is 3.25. The normalized spacial score (nSPS) is 15.7. The molecule has 1 saturated carbocycles. The molecule has 1 fully saturated rings. The molecule has 0 aliphatic heterocycles. The first-order valence-corrected chi connectivity index (χ1v) is 7.33. The lowest BCUT2D eigenvalue weighted by molar-refractivity contribution is 0.0635. The Morgan fingerprint density at radius 2 is 2.05 bits per heavy atom. The maximum Gasteiger partial charge on any atom is 0.257 e. The third kappa shape index (κ3) is 3.28. The van der Waals surface area contributed by atoms with Crippen LogP contribution in [-0.2, 0) is 0 Å². The number of aliphatic hydroxyl groups is 1. The van der Waals surface area contributed by atoms with Crippen molar-refractivity contribution < 1.29 is 15.0 Å². The van der Waals surface area contributed by atoms with Crippen LogP contribution in [-0.4, -0.2) is 40.2 Å². The Morgan fingerprint density at radius 3 is 2.63 bits per heavy atom. The molecule has 2 rings (SSSR count). The number of hydrogen-bond acceptors (Lipinski definition) is 3. The maximum absolute atomic E-state index is 12.5. The highest BCUT2D eigenvalue weighted by atomic mass is 79.9. The average molecular weight is 328 g/mol. The number of carbonyl (C=O) groups is 1. The van der Waals surface area contributed by atoms with Crippen LogP contribution in [0, 0.1) is 0 Å². The molecule has 0 atom stereocenters. The van der Waals surface area contributed by atoms with Crippen LogP contribution in [0.5, 0.6) is 5.75 Å². The number of amides is 1. The van der Waals surface area contributed by atoms with E-state index >= 15 is 0 Å². The van der Waals surface area contributed by atoms with E-state index in [1.807, 2.05) is 0 Å². The van der Waals surface area contributed by atoms with E-state index in [0.717, 1.165) is 30.2 Å². The van der Waals surface area contributed by atoms with Crippen LogP contribution in [0.25, 0.3) is 0 Å². The van der Waals surface area contributed by atoms with Crippen LogP contribution in [0.15, 0.2) is 22.7 Å². The van der Waals surface area contributed by atoms with Crippen molar-refractivity contribution in [2.45, 2.75) is 31.7 Å². The highest BCUT2D eigenvalue weighted by Gasteiger charge is 2.28. The molecule has 1 aromatic rings. The largest absolute Gasteiger partial charge is 0.507 e. The zero-order valence-corrected chi connectivity index (χ0v) is 12.3. The minimum Gasteiger partial charge on any atom is -0.507 e. The van der Waals surface area contributed by atoms with Crippen molar-refractivity contribution in [3.05, 3.63) is 28.2 Å². The number of aliphatic hydroxyl groups excluding tert-OH is 1. The molecule has 104 valence electrons. The molecule has 19 heavy (non-hydrogen) atoms. The van der Waals surface area contributed by atoms with Gasteiger partial charge in [0.05, 0.1) is 12.2 Å². The van der Waals surface area contributed by atoms with Gasteiger partial charge in [0.25, 0.3) is 5.91 Å². The number of aromatic hydroxyl groups is 1. The topological polar surface area (TPSA) is 60.8 Å². The fraction of sp³-hybridized carbons (Fsp3) is 0.500. The molecular weight excluding hydrogens is 310 g/mol. The fourth-order valence-electron chi connectivity index (χ4n) is 2.61. The monoisotopic (exact) mass is 327 g/mol. The van der Waals surface area contributed by atoms with E-state index in [2.05, 4.69) is 15.9 Å². The second-order valence-electron chi connectivity index (χ2n) is 4.82. The van der Waals surface area contributed by atoms with Gasteiger partial charge in [0.2, 0.25) is 0 Å². The lowest BCUT2D eigenvalue weighted by atomic mass is 10.1. The van der Waals surface area contributed by atoms with E-state index in [0.29, 0.717) is 12.1 Å². The van der Waals surface area contributed by atoms with E-state index in [9.17, 15) is 9.90 Å². The first kappa shape index (κ1) is 14.3. The Labute approximate surface area is 121 Å². The summed E-state index contributed by atoms with van der Waals surface area (Å²) in [6, 6.07) is 5.04. The lowest BCUT2D eigenvalue weighted by Gasteiger charge is -2.28. The molecule has 0 heterocycles. The van der Waals surface area contributed by atoms with Gasteiger partial charge in [0, 0.05) is 17.1 Å². The number of hydrogen-bond donors (Lipinski definition) is 2. The third-order valence-electron chi connectivity index (χ3n) is 3.56. The molecule has 0 radical (unpaired) electrons. The van der Waals surface area contributed by atoms with E-state index in [1.54, 1.807) is 17.0 Å². The molecule has 1 amide bonds. The van der Waals surface area contributed by atoms with Crippen LogP contribution in [0.3, 0.4) is 0 Å². The Balaban J connectivity index is 2.22. The summed E-state index contributed by atoms with van der Waals surface area (Å²) in [5.41, 5.74) is 0.295. The molecule has 2 N–H and O–H groups in total. The summed E-state index contributed by atoms with van der Waals surface area (Å²) in [7, 11) is 0. The first-order valence-electron chi connectivity index (χ1n) is 6.54. The standard InChI is InChI=1S/C14H18BrNO3/c15-10-5-6-12(13(18)9-10)14(19)16(7-8-17)11-3-1-2-4-11/h5-6,9,11,17-18H,1-4,7-8H2. The zero-order chi connectivity index (χ0) is 13.8. The Hall–Kier alpha value is -1.07. The number of rotatable bonds is 4. The Kier molecular flexibility index (Phi) is 4.82. The molecule has 0 spiro atoms. The predicted octanol–water partition coefficient (Wildman–Crippen LogP) is 2.53. The van der Waals surface area contributed by atoms with Crippen LogP contribution in [0.2, 0.25) is 0 Å². The van der Waals surface area contributed by atoms with Gasteiger partial charge in [-0.2, -0.15) is 0 Å². The summed E-state index contributed by atoms with van der Waals surface area (Å²) in [6.07, 6.45) is 4.18. The van der Waals surface area contributed by atoms with E-state index in [4.69, 9.17) is 5.11 Å². The summed E-state index contributed by atoms with van der Waals surface area (Å²) in [4.78, 5) is 14.2. The van der Waals surface area contributed by atoms with Crippen molar-refractivity contribution in [2.75, 3.05) is 13.2 Å². The fourth-order valence-corrected chi connectivity index (χ4v) is 2.96. The first-order chi connectivity index (χ1) is 9.13. The SMILES string of the molecule is O=C(c1ccc(Br)cc1O)N(CCO)C1CCCC1. The molecule has 1 aromatic carbocycles. The summed E-state index contributed by atoms with van der Waals surface area (Å²) in [5.74, 6) is -0.230. The van der Waals surface area contributed by atoms with Gasteiger partial charge in [-0.3, -0.25) is 4.79 Å². The van der Waals surface area contributed by atoms with Gasteiger partial charge in [-0.1, -0.05) is 28.8 Å². The Morgan fingerprint density at radius 1 is 1.37 bits per heavy atom. The van der Waals surface area contributed by atoms with Gasteiger partial charge < -0.3 is 15.1 Å². The van der Waals surface area contributed by atoms with E-state index in [-0.39, 0.29) is 24.3 Å². The van der Waals surface area contributed by atoms with Gasteiger partial charge >= 0.3 is 0 Å². The quantitative estimate of drug-likeness (QED) is 0.893. The number of benzene rings is 1. The van der Waals surface area contributed by atoms with Crippen molar-refractivity contribution >= 4 is 21.8 Å². The number of carbonyl (C=O) groups excluding carboxylic acids is 1. The molecule has 0 saturated heterocycles. The molecule has 0 aromatic heterocycles. The molecule has 4 nitrogen and oxygen atoms in total. The summed E-state index contributed by atoms with van der Waals surface area (Å²) in [6.45, 7) is 0.262. The van der Waals surface area contributed by atoms with Crippen LogP contribution < -0.4 is 0 Å². The highest BCUT2D eigenvalue weighted by molar-refractivity contribution is 9.10. The van der Waals surface area contributed by atoms with Crippen molar-refractivity contribution in [3.8, 4) is 5.75 Å². The van der Waals surface area contributed by atoms with Crippen LogP contribution >= 0.6 is 15.9 Å². The highest BCUT2D eigenvalue weighted by Crippen LogP contribution is 2.28. The summed E-state index contributed by atoms with van der Waals surface area (Å²) in [5, 5.41) is 19.0. The van der Waals surface area contributed by atoms with Crippen LogP contribution in [0.4, 0.5) is 0 Å². The second kappa shape index (κ2) is 6.39. The van der Waals surface area contributed by atoms with Gasteiger partial charge in [-0.15, -0.1) is 0 Å². The Bertz CT molecular complexity index is 458. The average Bonchev–Trinajstić information content (AvgIpc) is 2.89. The third-order valence-corrected chi connectivity index (χ3v) is 4.05. The lowest BCUT2D eigenvalue weighted by Crippen LogP contribution is -2.40. The van der Waals surface area contributed by atoms with Gasteiger partial charge in [0.15, 0.2) is 0 Å². The van der Waals surface area contributed by atoms with Crippen LogP contribution in [0.1, 0.15) is 36.0 Å². The van der Waals surface area contributed by atoms with Crippen molar-refractivity contribution in [1.29, 1.82) is 0 Å². The smallest absolute Gasteiger partial charge is 0.257 e. The zero-order valence-electron chi connectivity index (χ0n) is 10.7. The van der Waals surface area contributed by atoms with E-state index in [1.165, 1.54) is 6.07 Å². The molecule has 1 aliphatic rings. The van der Waals surface area contributed by atoms with Crippen molar-refractivity contribution in [3.63, 3.8) is 0 Å². The van der Waals surface area contributed by atoms with Crippen molar-refractivity contribution in [2.24, 2.45) is 0 Å². The molecular formula is C14H18BrNO3. The number of nitrogens with zero attached hydrogens (tertiary/aromatic N) is 1. The molecule has 1 aliphatic carbocycles. The number of phenols is 1. The molecule has 5 heteroatoms. The van der Waals surface area contributed by atoms with Gasteiger partial charge in [-0.05, 0) is 31.0 Å². The van der Waals surface area contributed by atoms with Crippen molar-refractivity contribution in [1.82, 2.24) is 4.90 Å². The van der Waals surface area contributed by atoms with E-state index < -0.39 is 0 Å².